The van der Waals surface area contributed by atoms with Crippen LogP contribution in [0, 0.1) is 18.7 Å². The zero-order chi connectivity index (χ0) is 26.1. The number of nitrogens with one attached hydrogen (secondary N) is 1. The van der Waals surface area contributed by atoms with Crippen LogP contribution in [0.5, 0.6) is 5.75 Å². The molecule has 0 amide bonds. The molecule has 4 aromatic rings. The van der Waals surface area contributed by atoms with Gasteiger partial charge in [0, 0.05) is 23.4 Å². The van der Waals surface area contributed by atoms with Crippen LogP contribution in [0.15, 0.2) is 102 Å². The van der Waals surface area contributed by atoms with Crippen LogP contribution in [0.3, 0.4) is 0 Å². The highest BCUT2D eigenvalue weighted by atomic mass is 35.5. The van der Waals surface area contributed by atoms with E-state index in [4.69, 9.17) is 16.3 Å². The molecule has 0 unspecified atom stereocenters. The van der Waals surface area contributed by atoms with E-state index in [1.165, 1.54) is 28.4 Å². The molecule has 1 N–H and O–H groups in total. The predicted octanol–water partition coefficient (Wildman–Crippen LogP) is 8.94. The van der Waals surface area contributed by atoms with Gasteiger partial charge in [-0.2, -0.15) is 0 Å². The number of benzene rings is 4. The normalized spacial score (nSPS) is 19.7. The number of hydrogen-bond donors (Lipinski definition) is 1. The lowest BCUT2D eigenvalue weighted by atomic mass is 9.76. The van der Waals surface area contributed by atoms with Gasteiger partial charge in [0.05, 0.1) is 16.8 Å². The quantitative estimate of drug-likeness (QED) is 0.202. The van der Waals surface area contributed by atoms with Crippen LogP contribution < -0.4 is 10.1 Å². The minimum Gasteiger partial charge on any atom is -0.487 e. The second-order valence-electron chi connectivity index (χ2n) is 9.99. The summed E-state index contributed by atoms with van der Waals surface area (Å²) in [7, 11) is 0. The van der Waals surface area contributed by atoms with Crippen molar-refractivity contribution < 1.29 is 9.13 Å². The van der Waals surface area contributed by atoms with Crippen molar-refractivity contribution in [1.29, 1.82) is 0 Å². The van der Waals surface area contributed by atoms with Crippen molar-refractivity contribution >= 4 is 29.2 Å². The Kier molecular flexibility index (Phi) is 6.73. The molecule has 6 rings (SSSR count). The second-order valence-corrected chi connectivity index (χ2v) is 10.4. The molecule has 1 aliphatic heterocycles. The first-order valence-electron chi connectivity index (χ1n) is 12.9. The highest BCUT2D eigenvalue weighted by Crippen LogP contribution is 2.50. The van der Waals surface area contributed by atoms with Crippen LogP contribution in [-0.2, 0) is 6.61 Å². The number of fused-ring (bicyclic) bond motifs is 3. The van der Waals surface area contributed by atoms with Crippen molar-refractivity contribution in [2.45, 2.75) is 31.9 Å². The summed E-state index contributed by atoms with van der Waals surface area (Å²) in [6, 6.07) is 27.4. The Morgan fingerprint density at radius 3 is 2.68 bits per heavy atom. The van der Waals surface area contributed by atoms with Gasteiger partial charge in [0.2, 0.25) is 0 Å². The Labute approximate surface area is 227 Å². The van der Waals surface area contributed by atoms with Crippen LogP contribution >= 0.6 is 11.6 Å². The molecule has 0 bridgehead atoms. The molecule has 38 heavy (non-hydrogen) atoms. The molecule has 0 aromatic heterocycles. The Balaban J connectivity index is 1.13. The van der Waals surface area contributed by atoms with Crippen molar-refractivity contribution in [3.05, 3.63) is 136 Å². The zero-order valence-corrected chi connectivity index (χ0v) is 21.8. The number of hydrogen-bond acceptors (Lipinski definition) is 3. The van der Waals surface area contributed by atoms with E-state index in [0.717, 1.165) is 17.7 Å². The second kappa shape index (κ2) is 10.5. The molecule has 0 radical (unpaired) electrons. The van der Waals surface area contributed by atoms with E-state index in [1.807, 2.05) is 6.07 Å². The lowest BCUT2D eigenvalue weighted by Gasteiger charge is -2.37. The van der Waals surface area contributed by atoms with Crippen LogP contribution in [0.25, 0.3) is 0 Å². The fourth-order valence-electron chi connectivity index (χ4n) is 5.45. The molecule has 0 saturated heterocycles. The van der Waals surface area contributed by atoms with Crippen LogP contribution in [0.1, 0.15) is 46.2 Å². The summed E-state index contributed by atoms with van der Waals surface area (Å²) in [6.07, 6.45) is 7.56. The molecule has 1 heterocycles. The minimum atomic E-state index is -0.294. The van der Waals surface area contributed by atoms with Gasteiger partial charge < -0.3 is 10.1 Å². The largest absolute Gasteiger partial charge is 0.487 e. The fourth-order valence-corrected chi connectivity index (χ4v) is 5.69. The molecule has 3 atom stereocenters. The van der Waals surface area contributed by atoms with E-state index < -0.39 is 0 Å². The smallest absolute Gasteiger partial charge is 0.138 e. The van der Waals surface area contributed by atoms with E-state index >= 15 is 0 Å². The number of nitrogens with zero attached hydrogens (tertiary/aromatic N) is 1. The molecular weight excluding hydrogens is 495 g/mol. The van der Waals surface area contributed by atoms with Crippen LogP contribution in [0.4, 0.5) is 15.8 Å². The average molecular weight is 523 g/mol. The number of ether oxygens (including phenoxy) is 1. The Hall–Kier alpha value is -3.89. The summed E-state index contributed by atoms with van der Waals surface area (Å²) in [4.78, 5) is 4.64. The Bertz CT molecular complexity index is 1530. The molecule has 2 aliphatic rings. The zero-order valence-electron chi connectivity index (χ0n) is 21.1. The third-order valence-electron chi connectivity index (χ3n) is 7.43. The van der Waals surface area contributed by atoms with E-state index in [9.17, 15) is 4.39 Å². The lowest BCUT2D eigenvalue weighted by molar-refractivity contribution is 0.300. The average Bonchev–Trinajstić information content (AvgIpc) is 3.43. The first-order chi connectivity index (χ1) is 18.5. The summed E-state index contributed by atoms with van der Waals surface area (Å²) in [6.45, 7) is 2.27. The van der Waals surface area contributed by atoms with Crippen LogP contribution in [-0.4, -0.2) is 6.21 Å². The summed E-state index contributed by atoms with van der Waals surface area (Å²) < 4.78 is 19.6. The summed E-state index contributed by atoms with van der Waals surface area (Å²) in [5.74, 6) is 1.18. The number of aryl methyl sites for hydroxylation is 1. The van der Waals surface area contributed by atoms with Gasteiger partial charge in [-0.1, -0.05) is 71.8 Å². The highest BCUT2D eigenvalue weighted by molar-refractivity contribution is 6.32. The van der Waals surface area contributed by atoms with E-state index in [1.54, 1.807) is 36.5 Å². The fraction of sp³-hybridized carbons (Fsp3) is 0.182. The maximum absolute atomic E-state index is 13.8. The monoisotopic (exact) mass is 522 g/mol. The van der Waals surface area contributed by atoms with Gasteiger partial charge >= 0.3 is 0 Å². The van der Waals surface area contributed by atoms with Gasteiger partial charge in [-0.05, 0) is 78.4 Å². The first-order valence-corrected chi connectivity index (χ1v) is 13.3. The summed E-state index contributed by atoms with van der Waals surface area (Å²) in [5.41, 5.74) is 7.43. The maximum atomic E-state index is 13.8. The van der Waals surface area contributed by atoms with Crippen LogP contribution in [0.2, 0.25) is 5.02 Å². The maximum Gasteiger partial charge on any atom is 0.138 e. The lowest BCUT2D eigenvalue weighted by Crippen LogP contribution is -2.29. The summed E-state index contributed by atoms with van der Waals surface area (Å²) >= 11 is 6.42. The van der Waals surface area contributed by atoms with Crippen molar-refractivity contribution in [2.24, 2.45) is 10.9 Å². The molecule has 4 aromatic carbocycles. The predicted molar refractivity (Wildman–Crippen MR) is 153 cm³/mol. The van der Waals surface area contributed by atoms with Crippen molar-refractivity contribution in [3.8, 4) is 5.75 Å². The third kappa shape index (κ3) is 4.97. The SMILES string of the molecule is Cc1ccc2c(c1)[C@@H]1C=CC[C@@H]1[C@H](c1ccc(N=Cc3ccc(OCc4ccccc4F)c(Cl)c3)cc1)N2. The van der Waals surface area contributed by atoms with Gasteiger partial charge in [0.1, 0.15) is 18.2 Å². The van der Waals surface area contributed by atoms with Gasteiger partial charge in [-0.3, -0.25) is 4.99 Å². The van der Waals surface area contributed by atoms with E-state index in [-0.39, 0.29) is 18.5 Å². The van der Waals surface area contributed by atoms with Gasteiger partial charge in [-0.25, -0.2) is 4.39 Å². The number of halogens is 2. The number of allylic oxidation sites excluding steroid dienone is 2. The number of aliphatic imine (C=N–C) groups is 1. The Morgan fingerprint density at radius 2 is 1.87 bits per heavy atom. The number of rotatable bonds is 6. The molecule has 0 spiro atoms. The standard InChI is InChI=1S/C33H28ClFN2O/c1-21-9-15-31-28(17-21)26-6-4-7-27(26)33(37-31)23-11-13-25(14-12-23)36-19-22-10-16-32(29(34)18-22)38-20-24-5-2-3-8-30(24)35/h2-6,8-19,26-27,33,37H,7,20H2,1H3/t26-,27+,33+/m1/s1. The van der Waals surface area contributed by atoms with Gasteiger partial charge in [-0.15, -0.1) is 0 Å². The van der Waals surface area contributed by atoms with Gasteiger partial charge in [0.15, 0.2) is 0 Å². The molecule has 3 nitrogen and oxygen atoms in total. The van der Waals surface area contributed by atoms with Crippen molar-refractivity contribution in [3.63, 3.8) is 0 Å². The van der Waals surface area contributed by atoms with Crippen molar-refractivity contribution in [1.82, 2.24) is 0 Å². The van der Waals surface area contributed by atoms with E-state index in [2.05, 4.69) is 71.8 Å². The minimum absolute atomic E-state index is 0.116. The van der Waals surface area contributed by atoms with Crippen molar-refractivity contribution in [2.75, 3.05) is 5.32 Å². The van der Waals surface area contributed by atoms with E-state index in [0.29, 0.717) is 28.2 Å². The molecule has 0 saturated carbocycles. The summed E-state index contributed by atoms with van der Waals surface area (Å²) in [5, 5.41) is 4.26. The first kappa shape index (κ1) is 24.4. The van der Waals surface area contributed by atoms with Gasteiger partial charge in [0.25, 0.3) is 0 Å². The molecule has 5 heteroatoms. The topological polar surface area (TPSA) is 33.6 Å². The highest BCUT2D eigenvalue weighted by Gasteiger charge is 2.37. The molecule has 190 valence electrons. The molecule has 1 aliphatic carbocycles. The molecule has 0 fully saturated rings. The molecular formula is C33H28ClFN2O. The third-order valence-corrected chi connectivity index (χ3v) is 7.73. The number of anilines is 1. The Morgan fingerprint density at radius 1 is 1.03 bits per heavy atom.